The largest absolute Gasteiger partial charge is 1.00 e. The van der Waals surface area contributed by atoms with Crippen molar-refractivity contribution in [3.8, 4) is 0 Å². The van der Waals surface area contributed by atoms with Crippen LogP contribution in [0.25, 0.3) is 0 Å². The summed E-state index contributed by atoms with van der Waals surface area (Å²) in [5.74, 6) is -2.94. The second kappa shape index (κ2) is 5.58. The van der Waals surface area contributed by atoms with Crippen LogP contribution in [-0.2, 0) is 0 Å². The van der Waals surface area contributed by atoms with E-state index in [0.29, 0.717) is 0 Å². The predicted molar refractivity (Wildman–Crippen MR) is 39.7 cm³/mol. The summed E-state index contributed by atoms with van der Waals surface area (Å²) < 4.78 is 60.9. The number of rotatable bonds is 2. The predicted octanol–water partition coefficient (Wildman–Crippen LogP) is -0.892. The normalized spacial score (nSPS) is 22.9. The maximum atomic E-state index is 12.6. The first-order chi connectivity index (χ1) is 5.79. The Morgan fingerprint density at radius 3 is 2.21 bits per heavy atom. The van der Waals surface area contributed by atoms with Crippen LogP contribution >= 0.6 is 0 Å². The number of nitrogens with zero attached hydrogens (tertiary/aromatic N) is 1. The summed E-state index contributed by atoms with van der Waals surface area (Å²) in [4.78, 5) is 0.781. The summed E-state index contributed by atoms with van der Waals surface area (Å²) in [6.07, 6.45) is -1.33. The molecule has 1 saturated heterocycles. The van der Waals surface area contributed by atoms with Gasteiger partial charge in [0.15, 0.2) is 0 Å². The van der Waals surface area contributed by atoms with E-state index >= 15 is 0 Å². The molecule has 0 spiro atoms. The molecule has 0 aromatic carbocycles. The summed E-state index contributed by atoms with van der Waals surface area (Å²) in [7, 11) is 0. The van der Waals surface area contributed by atoms with Crippen LogP contribution in [0.15, 0.2) is 0 Å². The summed E-state index contributed by atoms with van der Waals surface area (Å²) in [5.41, 5.74) is 0. The van der Waals surface area contributed by atoms with E-state index in [1.54, 1.807) is 0 Å². The third kappa shape index (κ3) is 6.02. The minimum Gasteiger partial charge on any atom is -0.448 e. The van der Waals surface area contributed by atoms with Crippen molar-refractivity contribution in [3.05, 3.63) is 0 Å². The Morgan fingerprint density at radius 2 is 1.79 bits per heavy atom. The average molecular weight is 241 g/mol. The number of likely N-dealkylation sites (tertiary alicyclic amines) is 1. The quantitative estimate of drug-likeness (QED) is 0.447. The first-order valence-electron chi connectivity index (χ1n) is 4.10. The van der Waals surface area contributed by atoms with E-state index in [4.69, 9.17) is 0 Å². The van der Waals surface area contributed by atoms with E-state index in [1.165, 1.54) is 0 Å². The van der Waals surface area contributed by atoms with Gasteiger partial charge < -0.3 is 17.8 Å². The number of hydrogen-bond acceptors (Lipinski definition) is 1. The maximum Gasteiger partial charge on any atom is 1.00 e. The van der Waals surface area contributed by atoms with Crippen molar-refractivity contribution in [2.24, 2.45) is 0 Å². The molecule has 0 aliphatic carbocycles. The monoisotopic (exact) mass is 241 g/mol. The molecule has 1 heterocycles. The first kappa shape index (κ1) is 15.3. The van der Waals surface area contributed by atoms with Gasteiger partial charge in [0.2, 0.25) is 0 Å². The van der Waals surface area contributed by atoms with Gasteiger partial charge in [-0.1, -0.05) is 0 Å². The Hall–Kier alpha value is 1.31. The fourth-order valence-electron chi connectivity index (χ4n) is 1.50. The molecule has 0 atom stereocenters. The second-order valence-corrected chi connectivity index (χ2v) is 3.40. The first-order valence-corrected chi connectivity index (χ1v) is 4.10. The van der Waals surface area contributed by atoms with Crippen LogP contribution in [0.1, 0.15) is 12.8 Å². The topological polar surface area (TPSA) is 3.24 Å². The van der Waals surface area contributed by atoms with Crippen LogP contribution in [-0.4, -0.2) is 37.3 Å². The molecular weight excluding hydrogens is 231 g/mol. The molecule has 14 heavy (non-hydrogen) atoms. The molecule has 1 aliphatic rings. The third-order valence-electron chi connectivity index (χ3n) is 1.94. The van der Waals surface area contributed by atoms with Crippen LogP contribution in [0.4, 0.5) is 21.7 Å². The zero-order valence-corrected chi connectivity index (χ0v) is 11.1. The maximum absolute atomic E-state index is 12.6. The SMILES string of the molecule is F[B-](F)(F)CN1CCCC(F)(F)C1.[K+]. The van der Waals surface area contributed by atoms with Gasteiger partial charge in [-0.25, -0.2) is 8.78 Å². The Labute approximate surface area is 122 Å². The van der Waals surface area contributed by atoms with Gasteiger partial charge in [0.05, 0.1) is 6.54 Å². The number of piperidine rings is 1. The van der Waals surface area contributed by atoms with Gasteiger partial charge in [-0.2, -0.15) is 0 Å². The van der Waals surface area contributed by atoms with E-state index in [9.17, 15) is 21.7 Å². The molecule has 78 valence electrons. The molecule has 0 amide bonds. The van der Waals surface area contributed by atoms with Crippen LogP contribution in [0.3, 0.4) is 0 Å². The van der Waals surface area contributed by atoms with Crippen molar-refractivity contribution in [2.45, 2.75) is 18.8 Å². The van der Waals surface area contributed by atoms with Crippen molar-refractivity contribution in [2.75, 3.05) is 19.5 Å². The Kier molecular flexibility index (Phi) is 6.11. The Morgan fingerprint density at radius 1 is 1.21 bits per heavy atom. The zero-order chi connectivity index (χ0) is 10.1. The smallest absolute Gasteiger partial charge is 0.448 e. The number of halogens is 5. The van der Waals surface area contributed by atoms with Crippen molar-refractivity contribution < 1.29 is 73.1 Å². The molecule has 0 aromatic heterocycles. The molecule has 0 unspecified atom stereocenters. The van der Waals surface area contributed by atoms with Crippen molar-refractivity contribution in [1.82, 2.24) is 4.90 Å². The Balaban J connectivity index is 0.00000169. The van der Waals surface area contributed by atoms with E-state index in [-0.39, 0.29) is 70.8 Å². The van der Waals surface area contributed by atoms with Crippen molar-refractivity contribution in [3.63, 3.8) is 0 Å². The summed E-state index contributed by atoms with van der Waals surface area (Å²) in [6.45, 7) is -5.62. The van der Waals surface area contributed by atoms with Crippen LogP contribution in [0.2, 0.25) is 0 Å². The van der Waals surface area contributed by atoms with Crippen molar-refractivity contribution in [1.29, 1.82) is 0 Å². The van der Waals surface area contributed by atoms with E-state index in [2.05, 4.69) is 0 Å². The van der Waals surface area contributed by atoms with E-state index < -0.39 is 25.9 Å². The number of hydrogen-bond donors (Lipinski definition) is 0. The third-order valence-corrected chi connectivity index (χ3v) is 1.94. The minimum absolute atomic E-state index is 0. The molecule has 0 bridgehead atoms. The summed E-state index contributed by atoms with van der Waals surface area (Å²) in [5, 5.41) is 0. The van der Waals surface area contributed by atoms with Crippen molar-refractivity contribution >= 4 is 6.98 Å². The van der Waals surface area contributed by atoms with E-state index in [1.807, 2.05) is 0 Å². The van der Waals surface area contributed by atoms with Gasteiger partial charge in [0.1, 0.15) is 0 Å². The Bertz CT molecular complexity index is 184. The van der Waals surface area contributed by atoms with Crippen LogP contribution in [0, 0.1) is 0 Å². The van der Waals surface area contributed by atoms with Gasteiger partial charge in [0, 0.05) is 6.42 Å². The standard InChI is InChI=1S/C6H10BF5N.K/c8-6(9)2-1-3-13(4-6)5-7(10,11)12;/h1-5H2;/q-1;+1. The molecule has 0 N–H and O–H groups in total. The molecule has 1 fully saturated rings. The molecule has 0 aromatic rings. The molecule has 8 heteroatoms. The van der Waals surface area contributed by atoms with Gasteiger partial charge in [-0.05, 0) is 19.4 Å². The van der Waals surface area contributed by atoms with E-state index in [0.717, 1.165) is 4.90 Å². The summed E-state index contributed by atoms with van der Waals surface area (Å²) >= 11 is 0. The van der Waals surface area contributed by atoms with Crippen LogP contribution in [0.5, 0.6) is 0 Å². The van der Waals surface area contributed by atoms with Gasteiger partial charge in [-0.3, -0.25) is 0 Å². The molecule has 0 saturated carbocycles. The molecule has 1 aliphatic heterocycles. The summed E-state index contributed by atoms with van der Waals surface area (Å²) in [6, 6.07) is 0. The molecule has 1 rings (SSSR count). The molecular formula is C6H10BF5KN. The second-order valence-electron chi connectivity index (χ2n) is 3.40. The molecule has 0 radical (unpaired) electrons. The minimum atomic E-state index is -4.98. The average Bonchev–Trinajstić information content (AvgIpc) is 1.79. The fraction of sp³-hybridized carbons (Fsp3) is 1.00. The van der Waals surface area contributed by atoms with Gasteiger partial charge >= 0.3 is 58.4 Å². The fourth-order valence-corrected chi connectivity index (χ4v) is 1.50. The zero-order valence-electron chi connectivity index (χ0n) is 7.95. The number of alkyl halides is 2. The van der Waals surface area contributed by atoms with Gasteiger partial charge in [-0.15, -0.1) is 0 Å². The molecule has 1 nitrogen and oxygen atoms in total. The van der Waals surface area contributed by atoms with Gasteiger partial charge in [0.25, 0.3) is 5.92 Å². The van der Waals surface area contributed by atoms with Crippen LogP contribution < -0.4 is 51.4 Å².